The molecule has 3 unspecified atom stereocenters. The third-order valence-electron chi connectivity index (χ3n) is 7.83. The van der Waals surface area contributed by atoms with E-state index in [2.05, 4.69) is 44.2 Å². The van der Waals surface area contributed by atoms with Crippen molar-refractivity contribution in [2.45, 2.75) is 77.6 Å². The van der Waals surface area contributed by atoms with Crippen molar-refractivity contribution in [3.63, 3.8) is 0 Å². The zero-order valence-corrected chi connectivity index (χ0v) is 20.4. The molecule has 0 aromatic heterocycles. The highest BCUT2D eigenvalue weighted by Gasteiger charge is 2.31. The average Bonchev–Trinajstić information content (AvgIpc) is 2.86. The van der Waals surface area contributed by atoms with Crippen LogP contribution in [-0.2, 0) is 0 Å². The smallest absolute Gasteiger partial charge is 0.131 e. The van der Waals surface area contributed by atoms with Crippen LogP contribution in [0.25, 0.3) is 22.3 Å². The second kappa shape index (κ2) is 11.6. The Hall–Kier alpha value is -2.41. The average molecular weight is 443 g/mol. The van der Waals surface area contributed by atoms with E-state index in [9.17, 15) is 0 Å². The molecule has 0 saturated heterocycles. The van der Waals surface area contributed by atoms with Crippen LogP contribution in [0.5, 0.6) is 0 Å². The summed E-state index contributed by atoms with van der Waals surface area (Å²) >= 11 is 0. The summed E-state index contributed by atoms with van der Waals surface area (Å²) in [6, 6.07) is 24.7. The Bertz CT molecular complexity index is 989. The molecule has 174 valence electrons. The summed E-state index contributed by atoms with van der Waals surface area (Å²) in [5, 5.41) is 0. The minimum Gasteiger partial charge on any atom is -0.206 e. The predicted octanol–water partition coefficient (Wildman–Crippen LogP) is 10.0. The molecule has 0 spiro atoms. The van der Waals surface area contributed by atoms with E-state index in [4.69, 9.17) is 0 Å². The van der Waals surface area contributed by atoms with Gasteiger partial charge < -0.3 is 0 Å². The molecule has 3 aromatic carbocycles. The maximum absolute atomic E-state index is 15.4. The summed E-state index contributed by atoms with van der Waals surface area (Å²) in [4.78, 5) is 0. The molecule has 1 fully saturated rings. The topological polar surface area (TPSA) is 0 Å². The quantitative estimate of drug-likeness (QED) is 0.289. The molecular formula is C32H39F. The number of unbranched alkanes of at least 4 members (excludes halogenated alkanes) is 2. The van der Waals surface area contributed by atoms with Gasteiger partial charge in [0.1, 0.15) is 5.82 Å². The molecule has 0 N–H and O–H groups in total. The van der Waals surface area contributed by atoms with E-state index >= 15 is 4.39 Å². The lowest BCUT2D eigenvalue weighted by Crippen LogP contribution is -2.25. The van der Waals surface area contributed by atoms with Crippen molar-refractivity contribution in [3.8, 4) is 22.3 Å². The molecule has 0 amide bonds. The minimum atomic E-state index is -0.0863. The number of hydrogen-bond acceptors (Lipinski definition) is 0. The molecule has 3 atom stereocenters. The van der Waals surface area contributed by atoms with Gasteiger partial charge in [0.05, 0.1) is 0 Å². The van der Waals surface area contributed by atoms with Crippen LogP contribution in [0.4, 0.5) is 4.39 Å². The number of halogens is 1. The zero-order valence-electron chi connectivity index (χ0n) is 20.4. The molecule has 1 saturated carbocycles. The third kappa shape index (κ3) is 5.75. The molecule has 1 aliphatic rings. The Morgan fingerprint density at radius 2 is 1.48 bits per heavy atom. The predicted molar refractivity (Wildman–Crippen MR) is 140 cm³/mol. The molecule has 0 aliphatic heterocycles. The van der Waals surface area contributed by atoms with Crippen LogP contribution >= 0.6 is 0 Å². The highest BCUT2D eigenvalue weighted by Crippen LogP contribution is 2.44. The number of hydrogen-bond donors (Lipinski definition) is 0. The molecule has 1 aliphatic carbocycles. The molecule has 0 nitrogen and oxygen atoms in total. The molecule has 4 rings (SSSR count). The lowest BCUT2D eigenvalue weighted by molar-refractivity contribution is 0.182. The van der Waals surface area contributed by atoms with Gasteiger partial charge in [-0.2, -0.15) is 0 Å². The van der Waals surface area contributed by atoms with Gasteiger partial charge in [0.2, 0.25) is 0 Å². The second-order valence-electron chi connectivity index (χ2n) is 9.90. The van der Waals surface area contributed by atoms with Crippen LogP contribution in [0.3, 0.4) is 0 Å². The Balaban J connectivity index is 1.53. The van der Waals surface area contributed by atoms with Crippen LogP contribution in [0.15, 0.2) is 72.8 Å². The minimum absolute atomic E-state index is 0.0863. The fourth-order valence-corrected chi connectivity index (χ4v) is 6.04. The first kappa shape index (κ1) is 23.7. The summed E-state index contributed by atoms with van der Waals surface area (Å²) in [5.41, 5.74) is 5.20. The first-order chi connectivity index (χ1) is 16.2. The van der Waals surface area contributed by atoms with E-state index in [1.807, 2.05) is 42.5 Å². The standard InChI is InChI=1S/C32H39F/c1-3-5-7-14-26-15-10-11-16-30(26)29(4-2)28-21-22-31(32(33)23-28)27-19-17-25(18-20-27)24-12-8-6-9-13-24/h6,8-9,12-13,17-23,26,29-30H,3-5,7,10-11,14-16H2,1-2H3. The van der Waals surface area contributed by atoms with Crippen molar-refractivity contribution in [1.82, 2.24) is 0 Å². The van der Waals surface area contributed by atoms with Crippen molar-refractivity contribution in [2.75, 3.05) is 0 Å². The van der Waals surface area contributed by atoms with Crippen LogP contribution in [0, 0.1) is 17.7 Å². The maximum Gasteiger partial charge on any atom is 0.131 e. The van der Waals surface area contributed by atoms with Crippen molar-refractivity contribution in [2.24, 2.45) is 11.8 Å². The molecule has 0 heterocycles. The Kier molecular flexibility index (Phi) is 8.37. The fourth-order valence-electron chi connectivity index (χ4n) is 6.04. The van der Waals surface area contributed by atoms with Gasteiger partial charge in [0, 0.05) is 5.56 Å². The fraction of sp³-hybridized carbons (Fsp3) is 0.438. The summed E-state index contributed by atoms with van der Waals surface area (Å²) in [5.74, 6) is 1.90. The molecule has 1 heteroatoms. The lowest BCUT2D eigenvalue weighted by atomic mass is 9.68. The molecule has 33 heavy (non-hydrogen) atoms. The van der Waals surface area contributed by atoms with E-state index in [-0.39, 0.29) is 5.82 Å². The first-order valence-corrected chi connectivity index (χ1v) is 13.2. The lowest BCUT2D eigenvalue weighted by Gasteiger charge is -2.37. The van der Waals surface area contributed by atoms with Crippen LogP contribution in [-0.4, -0.2) is 0 Å². The van der Waals surface area contributed by atoms with Crippen molar-refractivity contribution < 1.29 is 4.39 Å². The highest BCUT2D eigenvalue weighted by atomic mass is 19.1. The summed E-state index contributed by atoms with van der Waals surface area (Å²) in [6.45, 7) is 4.57. The largest absolute Gasteiger partial charge is 0.206 e. The summed E-state index contributed by atoms with van der Waals surface area (Å²) < 4.78 is 15.4. The number of rotatable bonds is 9. The Morgan fingerprint density at radius 1 is 0.788 bits per heavy atom. The molecular weight excluding hydrogens is 403 g/mol. The van der Waals surface area contributed by atoms with Crippen LogP contribution < -0.4 is 0 Å². The monoisotopic (exact) mass is 442 g/mol. The van der Waals surface area contributed by atoms with E-state index in [1.165, 1.54) is 62.5 Å². The first-order valence-electron chi connectivity index (χ1n) is 13.2. The van der Waals surface area contributed by atoms with E-state index in [0.717, 1.165) is 23.5 Å². The van der Waals surface area contributed by atoms with Gasteiger partial charge in [0.25, 0.3) is 0 Å². The Morgan fingerprint density at radius 3 is 2.18 bits per heavy atom. The van der Waals surface area contributed by atoms with Crippen molar-refractivity contribution in [1.29, 1.82) is 0 Å². The molecule has 3 aromatic rings. The number of benzene rings is 3. The van der Waals surface area contributed by atoms with Crippen LogP contribution in [0.1, 0.15) is 83.1 Å². The maximum atomic E-state index is 15.4. The van der Waals surface area contributed by atoms with Gasteiger partial charge in [-0.25, -0.2) is 4.39 Å². The van der Waals surface area contributed by atoms with Crippen molar-refractivity contribution in [3.05, 3.63) is 84.2 Å². The zero-order chi connectivity index (χ0) is 23.0. The third-order valence-corrected chi connectivity index (χ3v) is 7.83. The summed E-state index contributed by atoms with van der Waals surface area (Å²) in [7, 11) is 0. The SMILES string of the molecule is CCCCCC1CCCCC1C(CC)c1ccc(-c2ccc(-c3ccccc3)cc2)c(F)c1. The molecule has 0 radical (unpaired) electrons. The van der Waals surface area contributed by atoms with E-state index in [1.54, 1.807) is 0 Å². The van der Waals surface area contributed by atoms with Crippen LogP contribution in [0.2, 0.25) is 0 Å². The van der Waals surface area contributed by atoms with Gasteiger partial charge in [0.15, 0.2) is 0 Å². The van der Waals surface area contributed by atoms with Crippen molar-refractivity contribution >= 4 is 0 Å². The van der Waals surface area contributed by atoms with E-state index in [0.29, 0.717) is 17.4 Å². The van der Waals surface area contributed by atoms with Gasteiger partial charge in [-0.1, -0.05) is 126 Å². The van der Waals surface area contributed by atoms with E-state index < -0.39 is 0 Å². The normalized spacial score (nSPS) is 19.4. The highest BCUT2D eigenvalue weighted by molar-refractivity contribution is 5.70. The van der Waals surface area contributed by atoms with Gasteiger partial charge in [-0.05, 0) is 58.9 Å². The van der Waals surface area contributed by atoms with Gasteiger partial charge in [-0.15, -0.1) is 0 Å². The second-order valence-corrected chi connectivity index (χ2v) is 9.90. The van der Waals surface area contributed by atoms with Gasteiger partial charge in [-0.3, -0.25) is 0 Å². The molecule has 0 bridgehead atoms. The van der Waals surface area contributed by atoms with Gasteiger partial charge >= 0.3 is 0 Å². The summed E-state index contributed by atoms with van der Waals surface area (Å²) in [6.07, 6.45) is 11.8. The Labute approximate surface area is 200 Å².